The van der Waals surface area contributed by atoms with Crippen molar-refractivity contribution in [1.29, 1.82) is 0 Å². The van der Waals surface area contributed by atoms with E-state index < -0.39 is 11.9 Å². The van der Waals surface area contributed by atoms with Gasteiger partial charge in [0.25, 0.3) is 0 Å². The zero-order chi connectivity index (χ0) is 11.3. The Balaban J connectivity index is 0.00000225. The Morgan fingerprint density at radius 2 is 2.25 bits per heavy atom. The average molecular weight is 231 g/mol. The Morgan fingerprint density at radius 1 is 1.56 bits per heavy atom. The number of rotatable bonds is 6. The van der Waals surface area contributed by atoms with Crippen LogP contribution in [0.25, 0.3) is 0 Å². The molecule has 0 aromatic heterocycles. The summed E-state index contributed by atoms with van der Waals surface area (Å²) in [6, 6.07) is 0. The van der Waals surface area contributed by atoms with Gasteiger partial charge in [0.2, 0.25) is 5.91 Å². The molecule has 5 nitrogen and oxygen atoms in total. The highest BCUT2D eigenvalue weighted by Gasteiger charge is 2.33. The van der Waals surface area contributed by atoms with Crippen LogP contribution in [0.2, 0.25) is 0 Å². The van der Waals surface area contributed by atoms with Crippen molar-refractivity contribution < 1.29 is 19.4 Å². The topological polar surface area (TPSA) is 66.8 Å². The summed E-state index contributed by atoms with van der Waals surface area (Å²) in [5.74, 6) is -1.51. The largest absolute Gasteiger partial charge is 0.481 e. The summed E-state index contributed by atoms with van der Waals surface area (Å²) in [5, 5.41) is 8.75. The van der Waals surface area contributed by atoms with Crippen LogP contribution < -0.4 is 0 Å². The maximum atomic E-state index is 11.4. The minimum absolute atomic E-state index is 0. The van der Waals surface area contributed by atoms with Crippen molar-refractivity contribution in [3.63, 3.8) is 0 Å². The van der Waals surface area contributed by atoms with Gasteiger partial charge in [0.1, 0.15) is 0 Å². The van der Waals surface area contributed by atoms with Crippen LogP contribution in [-0.4, -0.2) is 48.2 Å². The van der Waals surface area contributed by atoms with E-state index in [1.165, 1.54) is 0 Å². The molecule has 1 N–H and O–H groups in total. The fraction of sp³-hybridized carbons (Fsp3) is 0.818. The second kappa shape index (κ2) is 7.22. The van der Waals surface area contributed by atoms with Gasteiger partial charge in [-0.1, -0.05) is 14.4 Å². The lowest BCUT2D eigenvalue weighted by molar-refractivity contribution is -0.141. The number of likely N-dealkylation sites (tertiary alicyclic amines) is 1. The Labute approximate surface area is 96.4 Å². The van der Waals surface area contributed by atoms with E-state index in [1.54, 1.807) is 4.90 Å². The smallest absolute Gasteiger partial charge is 0.308 e. The summed E-state index contributed by atoms with van der Waals surface area (Å²) < 4.78 is 5.25. The van der Waals surface area contributed by atoms with Crippen LogP contribution in [0.1, 0.15) is 27.2 Å². The molecule has 1 saturated heterocycles. The molecule has 1 rings (SSSR count). The summed E-state index contributed by atoms with van der Waals surface area (Å²) in [7, 11) is 0. The van der Waals surface area contributed by atoms with Crippen LogP contribution in [-0.2, 0) is 14.3 Å². The minimum Gasteiger partial charge on any atom is -0.481 e. The standard InChI is InChI=1S/C10H17NO4.CH4/c1-2-4-15-5-3-11-7-8(10(13)14)6-9(11)12;/h8H,2-7H2,1H3,(H,13,14);1H4. The quantitative estimate of drug-likeness (QED) is 0.692. The molecule has 1 aliphatic rings. The van der Waals surface area contributed by atoms with Crippen LogP contribution in [0.4, 0.5) is 0 Å². The third kappa shape index (κ3) is 4.18. The SMILES string of the molecule is C.CCCOCCN1CC(C(=O)O)CC1=O. The van der Waals surface area contributed by atoms with Crippen LogP contribution in [0.3, 0.4) is 0 Å². The molecule has 0 aliphatic carbocycles. The van der Waals surface area contributed by atoms with Crippen molar-refractivity contribution in [3.8, 4) is 0 Å². The second-order valence-corrected chi connectivity index (χ2v) is 3.69. The summed E-state index contributed by atoms with van der Waals surface area (Å²) in [6.45, 7) is 4.02. The number of nitrogens with zero attached hydrogens (tertiary/aromatic N) is 1. The van der Waals surface area contributed by atoms with Crippen molar-refractivity contribution in [2.75, 3.05) is 26.3 Å². The van der Waals surface area contributed by atoms with Gasteiger partial charge < -0.3 is 14.7 Å². The van der Waals surface area contributed by atoms with Gasteiger partial charge in [-0.3, -0.25) is 9.59 Å². The Bertz CT molecular complexity index is 242. The first-order valence-corrected chi connectivity index (χ1v) is 5.23. The molecule has 1 unspecified atom stereocenters. The number of carboxylic acid groups (broad SMARTS) is 1. The molecule has 0 radical (unpaired) electrons. The highest BCUT2D eigenvalue weighted by molar-refractivity contribution is 5.86. The lowest BCUT2D eigenvalue weighted by atomic mass is 10.1. The molecule has 0 bridgehead atoms. The molecule has 0 aromatic carbocycles. The first-order chi connectivity index (χ1) is 7.15. The monoisotopic (exact) mass is 231 g/mol. The van der Waals surface area contributed by atoms with Gasteiger partial charge >= 0.3 is 5.97 Å². The van der Waals surface area contributed by atoms with Crippen LogP contribution in [0, 0.1) is 5.92 Å². The van der Waals surface area contributed by atoms with E-state index in [1.807, 2.05) is 6.92 Å². The van der Waals surface area contributed by atoms with Gasteiger partial charge in [-0.05, 0) is 6.42 Å². The summed E-state index contributed by atoms with van der Waals surface area (Å²) in [4.78, 5) is 23.6. The van der Waals surface area contributed by atoms with E-state index >= 15 is 0 Å². The normalized spacial score (nSPS) is 19.7. The zero-order valence-electron chi connectivity index (χ0n) is 8.94. The highest BCUT2D eigenvalue weighted by atomic mass is 16.5. The molecule has 1 amide bonds. The third-order valence-corrected chi connectivity index (χ3v) is 2.42. The van der Waals surface area contributed by atoms with Gasteiger partial charge in [0.05, 0.1) is 12.5 Å². The number of carbonyl (C=O) groups excluding carboxylic acids is 1. The predicted octanol–water partition coefficient (Wildman–Crippen LogP) is 0.982. The van der Waals surface area contributed by atoms with Crippen LogP contribution in [0.15, 0.2) is 0 Å². The van der Waals surface area contributed by atoms with E-state index in [-0.39, 0.29) is 19.8 Å². The third-order valence-electron chi connectivity index (χ3n) is 2.42. The van der Waals surface area contributed by atoms with E-state index in [0.29, 0.717) is 26.3 Å². The lowest BCUT2D eigenvalue weighted by Gasteiger charge is -2.15. The fourth-order valence-electron chi connectivity index (χ4n) is 1.57. The van der Waals surface area contributed by atoms with Crippen molar-refractivity contribution in [2.24, 2.45) is 5.92 Å². The molecule has 94 valence electrons. The fourth-order valence-corrected chi connectivity index (χ4v) is 1.57. The van der Waals surface area contributed by atoms with Crippen LogP contribution >= 0.6 is 0 Å². The summed E-state index contributed by atoms with van der Waals surface area (Å²) in [5.41, 5.74) is 0. The van der Waals surface area contributed by atoms with Crippen molar-refractivity contribution in [1.82, 2.24) is 4.90 Å². The maximum absolute atomic E-state index is 11.4. The number of hydrogen-bond acceptors (Lipinski definition) is 3. The van der Waals surface area contributed by atoms with Crippen molar-refractivity contribution in [3.05, 3.63) is 0 Å². The molecule has 0 saturated carbocycles. The van der Waals surface area contributed by atoms with Gasteiger partial charge in [-0.2, -0.15) is 0 Å². The molecule has 1 aliphatic heterocycles. The summed E-state index contributed by atoms with van der Waals surface area (Å²) >= 11 is 0. The van der Waals surface area contributed by atoms with Gasteiger partial charge in [0, 0.05) is 26.1 Å². The van der Waals surface area contributed by atoms with Gasteiger partial charge in [-0.15, -0.1) is 0 Å². The van der Waals surface area contributed by atoms with Crippen molar-refractivity contribution in [2.45, 2.75) is 27.2 Å². The Kier molecular flexibility index (Phi) is 6.72. The number of hydrogen-bond donors (Lipinski definition) is 1. The molecule has 5 heteroatoms. The molecule has 0 aromatic rings. The van der Waals surface area contributed by atoms with E-state index in [2.05, 4.69) is 0 Å². The predicted molar refractivity (Wildman–Crippen MR) is 60.2 cm³/mol. The Hall–Kier alpha value is -1.10. The van der Waals surface area contributed by atoms with Gasteiger partial charge in [-0.25, -0.2) is 0 Å². The number of carbonyl (C=O) groups is 2. The van der Waals surface area contributed by atoms with Crippen LogP contribution in [0.5, 0.6) is 0 Å². The van der Waals surface area contributed by atoms with Crippen molar-refractivity contribution >= 4 is 11.9 Å². The van der Waals surface area contributed by atoms with E-state index in [4.69, 9.17) is 9.84 Å². The minimum atomic E-state index is -0.889. The average Bonchev–Trinajstić information content (AvgIpc) is 2.55. The lowest BCUT2D eigenvalue weighted by Crippen LogP contribution is -2.29. The first kappa shape index (κ1) is 14.9. The molecule has 0 spiro atoms. The molecule has 1 heterocycles. The highest BCUT2D eigenvalue weighted by Crippen LogP contribution is 2.17. The molecule has 1 fully saturated rings. The number of aliphatic carboxylic acids is 1. The molecular weight excluding hydrogens is 210 g/mol. The first-order valence-electron chi connectivity index (χ1n) is 5.23. The van der Waals surface area contributed by atoms with E-state index in [9.17, 15) is 9.59 Å². The van der Waals surface area contributed by atoms with E-state index in [0.717, 1.165) is 6.42 Å². The Morgan fingerprint density at radius 3 is 2.75 bits per heavy atom. The zero-order valence-corrected chi connectivity index (χ0v) is 8.94. The molecular formula is C11H21NO4. The van der Waals surface area contributed by atoms with Gasteiger partial charge in [0.15, 0.2) is 0 Å². The second-order valence-electron chi connectivity index (χ2n) is 3.69. The number of amides is 1. The summed E-state index contributed by atoms with van der Waals surface area (Å²) in [6.07, 6.45) is 1.08. The maximum Gasteiger partial charge on any atom is 0.308 e. The molecule has 16 heavy (non-hydrogen) atoms. The molecule has 1 atom stereocenters. The number of carboxylic acids is 1. The number of ether oxygens (including phenoxy) is 1.